The van der Waals surface area contributed by atoms with Crippen LogP contribution in [0.25, 0.3) is 11.3 Å². The zero-order valence-electron chi connectivity index (χ0n) is 21.0. The molecular formula is C26H36N2O6S. The van der Waals surface area contributed by atoms with Gasteiger partial charge in [0.2, 0.25) is 0 Å². The molecule has 1 saturated heterocycles. The molecule has 2 aromatic rings. The second kappa shape index (κ2) is 11.9. The van der Waals surface area contributed by atoms with Gasteiger partial charge in [-0.1, -0.05) is 12.1 Å². The average molecular weight is 505 g/mol. The Hall–Kier alpha value is -2.65. The molecule has 35 heavy (non-hydrogen) atoms. The van der Waals surface area contributed by atoms with Gasteiger partial charge in [-0.25, -0.2) is 13.2 Å². The Morgan fingerprint density at radius 2 is 1.77 bits per heavy atom. The van der Waals surface area contributed by atoms with Crippen molar-refractivity contribution in [3.05, 3.63) is 42.6 Å². The number of ether oxygens (including phenoxy) is 3. The Morgan fingerprint density at radius 3 is 2.34 bits per heavy atom. The van der Waals surface area contributed by atoms with Gasteiger partial charge >= 0.3 is 6.09 Å². The number of sulfone groups is 1. The number of rotatable bonds is 9. The van der Waals surface area contributed by atoms with E-state index >= 15 is 0 Å². The molecule has 1 aromatic carbocycles. The van der Waals surface area contributed by atoms with E-state index in [1.807, 2.05) is 32.9 Å². The van der Waals surface area contributed by atoms with Crippen LogP contribution in [0.1, 0.15) is 40.0 Å². The number of amides is 1. The number of likely N-dealkylation sites (tertiary alicyclic amines) is 1. The van der Waals surface area contributed by atoms with E-state index in [1.165, 1.54) is 0 Å². The quantitative estimate of drug-likeness (QED) is 0.461. The molecule has 0 radical (unpaired) electrons. The zero-order valence-corrected chi connectivity index (χ0v) is 21.8. The van der Waals surface area contributed by atoms with E-state index in [-0.39, 0.29) is 11.8 Å². The van der Waals surface area contributed by atoms with E-state index in [4.69, 9.17) is 14.2 Å². The van der Waals surface area contributed by atoms with Crippen LogP contribution in [-0.4, -0.2) is 69.2 Å². The molecule has 0 unspecified atom stereocenters. The van der Waals surface area contributed by atoms with E-state index in [1.54, 1.807) is 42.5 Å². The lowest BCUT2D eigenvalue weighted by Gasteiger charge is -2.33. The fourth-order valence-electron chi connectivity index (χ4n) is 3.80. The number of nitrogens with zero attached hydrogens (tertiary/aromatic N) is 2. The lowest BCUT2D eigenvalue weighted by molar-refractivity contribution is 0.0165. The zero-order chi connectivity index (χ0) is 25.5. The van der Waals surface area contributed by atoms with Crippen molar-refractivity contribution in [1.82, 2.24) is 9.88 Å². The minimum atomic E-state index is -3.32. The molecule has 9 heteroatoms. The molecule has 0 bridgehead atoms. The topological polar surface area (TPSA) is 95.0 Å². The van der Waals surface area contributed by atoms with Crippen LogP contribution in [0.5, 0.6) is 5.75 Å². The minimum Gasteiger partial charge on any atom is -0.492 e. The second-order valence-corrected chi connectivity index (χ2v) is 11.9. The highest BCUT2D eigenvalue weighted by molar-refractivity contribution is 7.91. The van der Waals surface area contributed by atoms with E-state index in [9.17, 15) is 13.2 Å². The van der Waals surface area contributed by atoms with Crippen LogP contribution in [0, 0.1) is 5.92 Å². The number of carbonyl (C=O) groups is 1. The van der Waals surface area contributed by atoms with Crippen molar-refractivity contribution in [2.24, 2.45) is 5.92 Å². The molecule has 2 heterocycles. The normalized spacial score (nSPS) is 15.1. The molecule has 192 valence electrons. The third-order valence-electron chi connectivity index (χ3n) is 5.76. The van der Waals surface area contributed by atoms with Crippen LogP contribution in [0.4, 0.5) is 4.79 Å². The third-order valence-corrected chi connectivity index (χ3v) is 7.58. The van der Waals surface area contributed by atoms with Gasteiger partial charge in [-0.05, 0) is 70.2 Å². The molecule has 1 aliphatic rings. The van der Waals surface area contributed by atoms with Gasteiger partial charge in [0.05, 0.1) is 29.1 Å². The standard InChI is InChI=1S/C26H36N2O6S/c1-26(2,3)34-25(29)28-14-12-20(13-15-28)19-33-22-8-11-24(27-18-22)21-6-9-23(10-7-21)35(30,31)17-5-16-32-4/h6-11,18,20H,5,12-17,19H2,1-4H3. The first-order chi connectivity index (χ1) is 16.6. The Balaban J connectivity index is 1.48. The maximum Gasteiger partial charge on any atom is 0.410 e. The Labute approximate surface area is 208 Å². The Kier molecular flexibility index (Phi) is 9.13. The van der Waals surface area contributed by atoms with Gasteiger partial charge < -0.3 is 19.1 Å². The average Bonchev–Trinajstić information content (AvgIpc) is 2.82. The number of piperidine rings is 1. The molecule has 0 N–H and O–H groups in total. The minimum absolute atomic E-state index is 0.0600. The first-order valence-corrected chi connectivity index (χ1v) is 13.6. The van der Waals surface area contributed by atoms with Gasteiger partial charge in [0.25, 0.3) is 0 Å². The van der Waals surface area contributed by atoms with Crippen molar-refractivity contribution < 1.29 is 27.4 Å². The van der Waals surface area contributed by atoms with Crippen molar-refractivity contribution in [3.63, 3.8) is 0 Å². The fourth-order valence-corrected chi connectivity index (χ4v) is 5.09. The smallest absolute Gasteiger partial charge is 0.410 e. The van der Waals surface area contributed by atoms with Crippen molar-refractivity contribution in [2.75, 3.05) is 39.2 Å². The molecule has 8 nitrogen and oxygen atoms in total. The van der Waals surface area contributed by atoms with Gasteiger partial charge in [0, 0.05) is 32.4 Å². The van der Waals surface area contributed by atoms with Crippen molar-refractivity contribution in [1.29, 1.82) is 0 Å². The molecule has 1 amide bonds. The summed E-state index contributed by atoms with van der Waals surface area (Å²) in [7, 11) is -1.76. The molecule has 0 saturated carbocycles. The summed E-state index contributed by atoms with van der Waals surface area (Å²) in [5, 5.41) is 0. The fraction of sp³-hybridized carbons (Fsp3) is 0.538. The largest absolute Gasteiger partial charge is 0.492 e. The molecule has 0 aliphatic carbocycles. The maximum atomic E-state index is 12.4. The predicted molar refractivity (Wildman–Crippen MR) is 134 cm³/mol. The maximum absolute atomic E-state index is 12.4. The summed E-state index contributed by atoms with van der Waals surface area (Å²) in [5.74, 6) is 1.11. The number of hydrogen-bond donors (Lipinski definition) is 0. The lowest BCUT2D eigenvalue weighted by Crippen LogP contribution is -2.42. The Morgan fingerprint density at radius 1 is 1.09 bits per heavy atom. The SMILES string of the molecule is COCCCS(=O)(=O)c1ccc(-c2ccc(OCC3CCN(C(=O)OC(C)(C)C)CC3)cn2)cc1. The van der Waals surface area contributed by atoms with Gasteiger partial charge in [0.15, 0.2) is 9.84 Å². The first-order valence-electron chi connectivity index (χ1n) is 12.0. The summed E-state index contributed by atoms with van der Waals surface area (Å²) in [5.41, 5.74) is 1.09. The summed E-state index contributed by atoms with van der Waals surface area (Å²) in [6.07, 6.45) is 3.62. The molecule has 0 spiro atoms. The number of methoxy groups -OCH3 is 1. The van der Waals surface area contributed by atoms with Crippen molar-refractivity contribution in [2.45, 2.75) is 50.5 Å². The highest BCUT2D eigenvalue weighted by Gasteiger charge is 2.27. The van der Waals surface area contributed by atoms with Crippen LogP contribution in [0.15, 0.2) is 47.5 Å². The molecular weight excluding hydrogens is 468 g/mol. The predicted octanol–water partition coefficient (Wildman–Crippen LogP) is 4.58. The monoisotopic (exact) mass is 504 g/mol. The van der Waals surface area contributed by atoms with Gasteiger partial charge in [0.1, 0.15) is 11.4 Å². The van der Waals surface area contributed by atoms with Crippen molar-refractivity contribution >= 4 is 15.9 Å². The summed E-state index contributed by atoms with van der Waals surface area (Å²) >= 11 is 0. The summed E-state index contributed by atoms with van der Waals surface area (Å²) in [6.45, 7) is 7.93. The number of benzene rings is 1. The number of aromatic nitrogens is 1. The van der Waals surface area contributed by atoms with Gasteiger partial charge in [-0.15, -0.1) is 0 Å². The molecule has 0 atom stereocenters. The van der Waals surface area contributed by atoms with Crippen LogP contribution in [-0.2, 0) is 19.3 Å². The first kappa shape index (κ1) is 26.9. The summed E-state index contributed by atoms with van der Waals surface area (Å²) in [6, 6.07) is 10.5. The second-order valence-electron chi connectivity index (χ2n) is 9.79. The molecule has 1 aliphatic heterocycles. The van der Waals surface area contributed by atoms with Gasteiger partial charge in [-0.3, -0.25) is 4.98 Å². The van der Waals surface area contributed by atoms with Gasteiger partial charge in [-0.2, -0.15) is 0 Å². The highest BCUT2D eigenvalue weighted by Crippen LogP contribution is 2.24. The third kappa shape index (κ3) is 8.21. The van der Waals surface area contributed by atoms with E-state index in [2.05, 4.69) is 4.98 Å². The lowest BCUT2D eigenvalue weighted by atomic mass is 9.98. The number of hydrogen-bond acceptors (Lipinski definition) is 7. The Bertz CT molecular complexity index is 1050. The van der Waals surface area contributed by atoms with Crippen LogP contribution in [0.2, 0.25) is 0 Å². The molecule has 1 aromatic heterocycles. The number of carbonyl (C=O) groups excluding carboxylic acids is 1. The van der Waals surface area contributed by atoms with Crippen molar-refractivity contribution in [3.8, 4) is 17.0 Å². The van der Waals surface area contributed by atoms with Crippen LogP contribution >= 0.6 is 0 Å². The van der Waals surface area contributed by atoms with Crippen LogP contribution in [0.3, 0.4) is 0 Å². The van der Waals surface area contributed by atoms with E-state index in [0.717, 1.165) is 24.1 Å². The highest BCUT2D eigenvalue weighted by atomic mass is 32.2. The van der Waals surface area contributed by atoms with Crippen LogP contribution < -0.4 is 4.74 Å². The number of pyridine rings is 1. The van der Waals surface area contributed by atoms with E-state index < -0.39 is 15.4 Å². The summed E-state index contributed by atoms with van der Waals surface area (Å²) in [4.78, 5) is 18.7. The molecule has 3 rings (SSSR count). The summed E-state index contributed by atoms with van der Waals surface area (Å²) < 4.78 is 41.1. The molecule has 1 fully saturated rings. The van der Waals surface area contributed by atoms with E-state index in [0.29, 0.717) is 49.3 Å².